The van der Waals surface area contributed by atoms with Gasteiger partial charge in [-0.15, -0.1) is 0 Å². The average Bonchev–Trinajstić information content (AvgIpc) is 3.47. The lowest BCUT2D eigenvalue weighted by Gasteiger charge is -2.12. The fourth-order valence-corrected chi connectivity index (χ4v) is 4.55. The number of amides is 3. The number of pyridine rings is 1. The van der Waals surface area contributed by atoms with Crippen molar-refractivity contribution in [1.82, 2.24) is 15.5 Å². The lowest BCUT2D eigenvalue weighted by molar-refractivity contribution is 0.102. The fraction of sp³-hybridized carbons (Fsp3) is 0.286. The number of nitrogens with one attached hydrogen (secondary N) is 3. The zero-order valence-electron chi connectivity index (χ0n) is 20.2. The van der Waals surface area contributed by atoms with E-state index in [0.717, 1.165) is 43.5 Å². The Kier molecular flexibility index (Phi) is 6.28. The second-order valence-corrected chi connectivity index (χ2v) is 9.45. The molecular weight excluding hydrogens is 470 g/mol. The number of carbonyl (C=O) groups is 2. The van der Waals surface area contributed by atoms with Crippen LogP contribution in [0, 0.1) is 0 Å². The Bertz CT molecular complexity index is 1420. The van der Waals surface area contributed by atoms with Gasteiger partial charge in [-0.25, -0.2) is 9.78 Å². The first-order chi connectivity index (χ1) is 18.1. The smallest absolute Gasteiger partial charge is 0.319 e. The first kappa shape index (κ1) is 23.2. The van der Waals surface area contributed by atoms with Gasteiger partial charge in [-0.1, -0.05) is 35.5 Å². The van der Waals surface area contributed by atoms with Gasteiger partial charge in [0.15, 0.2) is 0 Å². The maximum absolute atomic E-state index is 13.5. The highest BCUT2D eigenvalue weighted by atomic mass is 16.5. The number of anilines is 2. The Balaban J connectivity index is 1.19. The highest BCUT2D eigenvalue weighted by molar-refractivity contribution is 6.14. The minimum Gasteiger partial charge on any atom is -0.376 e. The van der Waals surface area contributed by atoms with Crippen LogP contribution in [0.4, 0.5) is 16.2 Å². The van der Waals surface area contributed by atoms with E-state index in [1.165, 1.54) is 0 Å². The zero-order valence-corrected chi connectivity index (χ0v) is 20.2. The highest BCUT2D eigenvalue weighted by Gasteiger charge is 2.29. The number of aromatic nitrogens is 2. The molecular formula is C28H27N5O4. The maximum Gasteiger partial charge on any atom is 0.319 e. The first-order valence-corrected chi connectivity index (χ1v) is 12.6. The number of urea groups is 1. The maximum atomic E-state index is 13.5. The largest absolute Gasteiger partial charge is 0.376 e. The molecule has 3 heterocycles. The molecule has 1 saturated heterocycles. The van der Waals surface area contributed by atoms with E-state index in [1.807, 2.05) is 36.4 Å². The van der Waals surface area contributed by atoms with Crippen molar-refractivity contribution in [2.75, 3.05) is 23.8 Å². The summed E-state index contributed by atoms with van der Waals surface area (Å²) in [7, 11) is 0. The van der Waals surface area contributed by atoms with Crippen LogP contribution >= 0.6 is 0 Å². The first-order valence-electron chi connectivity index (χ1n) is 12.6. The molecule has 188 valence electrons. The van der Waals surface area contributed by atoms with Crippen LogP contribution in [0.15, 0.2) is 65.2 Å². The van der Waals surface area contributed by atoms with Crippen molar-refractivity contribution in [3.05, 3.63) is 71.9 Å². The van der Waals surface area contributed by atoms with Crippen molar-refractivity contribution in [3.63, 3.8) is 0 Å². The number of hydrogen-bond donors (Lipinski definition) is 3. The molecule has 2 aromatic carbocycles. The Hall–Kier alpha value is -4.24. The summed E-state index contributed by atoms with van der Waals surface area (Å²) in [5, 5.41) is 13.4. The molecule has 9 nitrogen and oxygen atoms in total. The summed E-state index contributed by atoms with van der Waals surface area (Å²) in [6, 6.07) is 18.2. The molecule has 0 bridgehead atoms. The topological polar surface area (TPSA) is 118 Å². The van der Waals surface area contributed by atoms with E-state index in [-0.39, 0.29) is 18.0 Å². The van der Waals surface area contributed by atoms with Gasteiger partial charge in [0.25, 0.3) is 11.6 Å². The Morgan fingerprint density at radius 3 is 2.41 bits per heavy atom. The molecule has 6 rings (SSSR count). The third kappa shape index (κ3) is 5.17. The predicted molar refractivity (Wildman–Crippen MR) is 140 cm³/mol. The molecule has 1 aliphatic carbocycles. The number of nitrogens with zero attached hydrogens (tertiary/aromatic N) is 2. The van der Waals surface area contributed by atoms with Gasteiger partial charge in [-0.05, 0) is 56.0 Å². The predicted octanol–water partition coefficient (Wildman–Crippen LogP) is 5.32. The summed E-state index contributed by atoms with van der Waals surface area (Å²) in [5.41, 5.74) is 4.35. The third-order valence-corrected chi connectivity index (χ3v) is 6.67. The van der Waals surface area contributed by atoms with Crippen molar-refractivity contribution in [2.24, 2.45) is 0 Å². The zero-order chi connectivity index (χ0) is 25.2. The summed E-state index contributed by atoms with van der Waals surface area (Å²) < 4.78 is 11.1. The summed E-state index contributed by atoms with van der Waals surface area (Å²) in [6.07, 6.45) is 4.17. The van der Waals surface area contributed by atoms with E-state index in [2.05, 4.69) is 26.1 Å². The lowest BCUT2D eigenvalue weighted by Crippen LogP contribution is -2.35. The highest BCUT2D eigenvalue weighted by Crippen LogP contribution is 2.41. The monoisotopic (exact) mass is 497 g/mol. The lowest BCUT2D eigenvalue weighted by atomic mass is 10.0. The van der Waals surface area contributed by atoms with Crippen LogP contribution in [0.2, 0.25) is 0 Å². The van der Waals surface area contributed by atoms with Gasteiger partial charge in [0.05, 0.1) is 17.1 Å². The molecule has 2 aliphatic rings. The van der Waals surface area contributed by atoms with Crippen LogP contribution in [0.3, 0.4) is 0 Å². The van der Waals surface area contributed by atoms with Crippen LogP contribution in [0.1, 0.15) is 47.7 Å². The third-order valence-electron chi connectivity index (χ3n) is 6.67. The SMILES string of the molecule is O=C(NCC1CCCO1)Nc1ccc(NC(=O)c2cc(C3CC3)nc3onc(-c4ccccc4)c23)cc1. The molecule has 1 atom stereocenters. The number of carbonyl (C=O) groups excluding carboxylic acids is 2. The number of benzene rings is 2. The van der Waals surface area contributed by atoms with Gasteiger partial charge < -0.3 is 25.2 Å². The van der Waals surface area contributed by atoms with E-state index < -0.39 is 0 Å². The van der Waals surface area contributed by atoms with Crippen molar-refractivity contribution in [2.45, 2.75) is 37.7 Å². The average molecular weight is 498 g/mol. The van der Waals surface area contributed by atoms with Gasteiger partial charge in [0.2, 0.25) is 0 Å². The van der Waals surface area contributed by atoms with Gasteiger partial charge in [0, 0.05) is 41.7 Å². The van der Waals surface area contributed by atoms with Crippen molar-refractivity contribution in [3.8, 4) is 11.3 Å². The van der Waals surface area contributed by atoms with Crippen molar-refractivity contribution < 1.29 is 18.8 Å². The van der Waals surface area contributed by atoms with Crippen LogP contribution in [-0.4, -0.2) is 41.3 Å². The van der Waals surface area contributed by atoms with E-state index in [9.17, 15) is 9.59 Å². The molecule has 1 unspecified atom stereocenters. The van der Waals surface area contributed by atoms with Crippen molar-refractivity contribution >= 4 is 34.4 Å². The Labute approximate surface area is 213 Å². The number of ether oxygens (including phenoxy) is 1. The number of hydrogen-bond acceptors (Lipinski definition) is 6. The molecule has 0 spiro atoms. The van der Waals surface area contributed by atoms with Gasteiger partial charge >= 0.3 is 6.03 Å². The fourth-order valence-electron chi connectivity index (χ4n) is 4.55. The van der Waals surface area contributed by atoms with E-state index in [1.54, 1.807) is 24.3 Å². The summed E-state index contributed by atoms with van der Waals surface area (Å²) >= 11 is 0. The molecule has 1 saturated carbocycles. The summed E-state index contributed by atoms with van der Waals surface area (Å²) in [5.74, 6) is 0.0719. The Morgan fingerprint density at radius 2 is 1.70 bits per heavy atom. The van der Waals surface area contributed by atoms with Gasteiger partial charge in [0.1, 0.15) is 5.69 Å². The van der Waals surface area contributed by atoms with Crippen LogP contribution < -0.4 is 16.0 Å². The van der Waals surface area contributed by atoms with Gasteiger partial charge in [-0.3, -0.25) is 4.79 Å². The van der Waals surface area contributed by atoms with Crippen LogP contribution in [0.25, 0.3) is 22.4 Å². The second-order valence-electron chi connectivity index (χ2n) is 9.45. The quantitative estimate of drug-likeness (QED) is 0.318. The van der Waals surface area contributed by atoms with Crippen LogP contribution in [-0.2, 0) is 4.74 Å². The molecule has 0 radical (unpaired) electrons. The number of fused-ring (bicyclic) bond motifs is 1. The van der Waals surface area contributed by atoms with Crippen molar-refractivity contribution in [1.29, 1.82) is 0 Å². The summed E-state index contributed by atoms with van der Waals surface area (Å²) in [6.45, 7) is 1.23. The van der Waals surface area contributed by atoms with E-state index >= 15 is 0 Å². The minimum atomic E-state index is -0.292. The second kappa shape index (κ2) is 10.0. The Morgan fingerprint density at radius 1 is 0.946 bits per heavy atom. The normalized spacial score (nSPS) is 17.0. The molecule has 1 aliphatic heterocycles. The number of rotatable bonds is 7. The molecule has 2 aromatic heterocycles. The molecule has 2 fully saturated rings. The molecule has 9 heteroatoms. The van der Waals surface area contributed by atoms with E-state index in [4.69, 9.17) is 9.26 Å². The molecule has 3 N–H and O–H groups in total. The molecule has 3 amide bonds. The van der Waals surface area contributed by atoms with E-state index in [0.29, 0.717) is 46.2 Å². The standard InChI is InChI=1S/C28H27N5O4/c34-26(30-19-10-12-20(13-11-19)31-28(35)29-16-21-7-4-14-36-21)22-15-23(17-8-9-17)32-27-24(22)25(33-37-27)18-5-2-1-3-6-18/h1-3,5-6,10-13,15,17,21H,4,7-9,14,16H2,(H,30,34)(H2,29,31,35). The molecule has 4 aromatic rings. The minimum absolute atomic E-state index is 0.0799. The molecule has 37 heavy (non-hydrogen) atoms. The van der Waals surface area contributed by atoms with Gasteiger partial charge in [-0.2, -0.15) is 0 Å². The van der Waals surface area contributed by atoms with Crippen LogP contribution in [0.5, 0.6) is 0 Å². The summed E-state index contributed by atoms with van der Waals surface area (Å²) in [4.78, 5) is 30.3.